The van der Waals surface area contributed by atoms with Crippen LogP contribution in [0.4, 0.5) is 0 Å². The van der Waals surface area contributed by atoms with E-state index in [-0.39, 0.29) is 0 Å². The van der Waals surface area contributed by atoms with Crippen LogP contribution in [0.2, 0.25) is 0 Å². The number of nitrogens with one attached hydrogen (secondary N) is 1. The van der Waals surface area contributed by atoms with Crippen molar-refractivity contribution in [3.63, 3.8) is 0 Å². The smallest absolute Gasteiger partial charge is 0.0700 e. The monoisotopic (exact) mass is 228 g/mol. The summed E-state index contributed by atoms with van der Waals surface area (Å²) in [4.78, 5) is 2.40. The number of rotatable bonds is 7. The molecule has 1 rings (SSSR count). The van der Waals surface area contributed by atoms with E-state index >= 15 is 0 Å². The van der Waals surface area contributed by atoms with E-state index in [4.69, 9.17) is 4.74 Å². The molecule has 1 heterocycles. The van der Waals surface area contributed by atoms with Crippen molar-refractivity contribution in [3.05, 3.63) is 0 Å². The Morgan fingerprint density at radius 1 is 1.38 bits per heavy atom. The molecule has 1 fully saturated rings. The van der Waals surface area contributed by atoms with Crippen molar-refractivity contribution < 1.29 is 4.74 Å². The van der Waals surface area contributed by atoms with E-state index in [1.165, 1.54) is 25.8 Å². The van der Waals surface area contributed by atoms with Gasteiger partial charge in [-0.25, -0.2) is 0 Å². The lowest BCUT2D eigenvalue weighted by Crippen LogP contribution is -2.35. The van der Waals surface area contributed by atoms with E-state index < -0.39 is 0 Å². The maximum absolute atomic E-state index is 5.52. The Kier molecular flexibility index (Phi) is 6.32. The molecule has 16 heavy (non-hydrogen) atoms. The van der Waals surface area contributed by atoms with Gasteiger partial charge in [-0.1, -0.05) is 0 Å². The van der Waals surface area contributed by atoms with Crippen molar-refractivity contribution in [3.8, 4) is 0 Å². The van der Waals surface area contributed by atoms with Crippen LogP contribution >= 0.6 is 0 Å². The molecule has 2 unspecified atom stereocenters. The van der Waals surface area contributed by atoms with Crippen LogP contribution in [0.25, 0.3) is 0 Å². The largest absolute Gasteiger partial charge is 0.377 e. The van der Waals surface area contributed by atoms with Gasteiger partial charge >= 0.3 is 0 Å². The molecule has 1 aliphatic heterocycles. The van der Waals surface area contributed by atoms with Crippen molar-refractivity contribution >= 4 is 0 Å². The third-order valence-electron chi connectivity index (χ3n) is 3.60. The van der Waals surface area contributed by atoms with Gasteiger partial charge in [-0.3, -0.25) is 0 Å². The second kappa shape index (κ2) is 7.25. The van der Waals surface area contributed by atoms with Gasteiger partial charge in [0.25, 0.3) is 0 Å². The minimum Gasteiger partial charge on any atom is -0.377 e. The van der Waals surface area contributed by atoms with Gasteiger partial charge in [-0.2, -0.15) is 0 Å². The number of ether oxygens (including phenoxy) is 1. The molecule has 0 radical (unpaired) electrons. The summed E-state index contributed by atoms with van der Waals surface area (Å²) in [5.41, 5.74) is 0. The predicted octanol–water partition coefficient (Wildman–Crippen LogP) is 1.87. The summed E-state index contributed by atoms with van der Waals surface area (Å²) in [6, 6.07) is 1.25. The van der Waals surface area contributed by atoms with Crippen molar-refractivity contribution in [2.45, 2.75) is 58.2 Å². The second-order valence-corrected chi connectivity index (χ2v) is 5.21. The van der Waals surface area contributed by atoms with Gasteiger partial charge in [0.2, 0.25) is 0 Å². The zero-order chi connectivity index (χ0) is 12.0. The Labute approximate surface area is 101 Å². The average molecular weight is 228 g/mol. The highest BCUT2D eigenvalue weighted by molar-refractivity contribution is 4.78. The summed E-state index contributed by atoms with van der Waals surface area (Å²) in [5.74, 6) is 0. The van der Waals surface area contributed by atoms with E-state index in [1.54, 1.807) is 0 Å². The van der Waals surface area contributed by atoms with E-state index in [1.807, 2.05) is 0 Å². The Morgan fingerprint density at radius 2 is 2.12 bits per heavy atom. The Balaban J connectivity index is 1.95. The normalized spacial score (nSPS) is 25.9. The molecular formula is C13H28N2O. The van der Waals surface area contributed by atoms with E-state index in [0.29, 0.717) is 18.2 Å². The van der Waals surface area contributed by atoms with Crippen molar-refractivity contribution in [1.29, 1.82) is 0 Å². The summed E-state index contributed by atoms with van der Waals surface area (Å²) >= 11 is 0. The fourth-order valence-corrected chi connectivity index (χ4v) is 2.03. The van der Waals surface area contributed by atoms with Gasteiger partial charge in [-0.05, 0) is 60.2 Å². The Hall–Kier alpha value is -0.120. The molecule has 0 aromatic rings. The zero-order valence-corrected chi connectivity index (χ0v) is 11.3. The first-order chi connectivity index (χ1) is 7.61. The summed E-state index contributed by atoms with van der Waals surface area (Å²) in [7, 11) is 2.20. The lowest BCUT2D eigenvalue weighted by Gasteiger charge is -2.21. The zero-order valence-electron chi connectivity index (χ0n) is 11.3. The van der Waals surface area contributed by atoms with Crippen LogP contribution in [0, 0.1) is 0 Å². The highest BCUT2D eigenvalue weighted by atomic mass is 16.5. The van der Waals surface area contributed by atoms with Crippen LogP contribution in [0.15, 0.2) is 0 Å². The maximum Gasteiger partial charge on any atom is 0.0700 e. The molecule has 3 nitrogen and oxygen atoms in total. The number of unbranched alkanes of at least 4 members (excludes halogenated alkanes) is 1. The molecule has 0 aromatic carbocycles. The van der Waals surface area contributed by atoms with Gasteiger partial charge in [0, 0.05) is 18.7 Å². The molecule has 1 saturated heterocycles. The van der Waals surface area contributed by atoms with Crippen molar-refractivity contribution in [2.75, 3.05) is 26.7 Å². The molecule has 3 heteroatoms. The molecule has 1 aliphatic rings. The Morgan fingerprint density at radius 3 is 2.69 bits per heavy atom. The van der Waals surface area contributed by atoms with E-state index in [0.717, 1.165) is 13.2 Å². The molecule has 0 bridgehead atoms. The first-order valence-electron chi connectivity index (χ1n) is 6.66. The first kappa shape index (κ1) is 13.9. The molecule has 0 aromatic heterocycles. The number of hydrogen-bond donors (Lipinski definition) is 1. The SMILES string of the molecule is CC1OCCC1NCCCCN(C)C(C)C. The van der Waals surface area contributed by atoms with Crippen molar-refractivity contribution in [1.82, 2.24) is 10.2 Å². The number of nitrogens with zero attached hydrogens (tertiary/aromatic N) is 1. The fourth-order valence-electron chi connectivity index (χ4n) is 2.03. The molecule has 0 aliphatic carbocycles. The van der Waals surface area contributed by atoms with Crippen LogP contribution in [-0.4, -0.2) is 49.8 Å². The molecule has 1 N–H and O–H groups in total. The predicted molar refractivity (Wildman–Crippen MR) is 68.8 cm³/mol. The number of hydrogen-bond acceptors (Lipinski definition) is 3. The summed E-state index contributed by atoms with van der Waals surface area (Å²) in [5, 5.41) is 3.59. The lowest BCUT2D eigenvalue weighted by atomic mass is 10.1. The van der Waals surface area contributed by atoms with Gasteiger partial charge in [0.1, 0.15) is 0 Å². The molecule has 0 amide bonds. The maximum atomic E-state index is 5.52. The third kappa shape index (κ3) is 4.81. The second-order valence-electron chi connectivity index (χ2n) is 5.21. The van der Waals surface area contributed by atoms with Crippen LogP contribution in [0.1, 0.15) is 40.0 Å². The van der Waals surface area contributed by atoms with Gasteiger partial charge in [-0.15, -0.1) is 0 Å². The molecule has 96 valence electrons. The topological polar surface area (TPSA) is 24.5 Å². The fraction of sp³-hybridized carbons (Fsp3) is 1.00. The minimum atomic E-state index is 0.401. The van der Waals surface area contributed by atoms with Gasteiger partial charge in [0.05, 0.1) is 6.10 Å². The summed E-state index contributed by atoms with van der Waals surface area (Å²) < 4.78 is 5.52. The lowest BCUT2D eigenvalue weighted by molar-refractivity contribution is 0.113. The highest BCUT2D eigenvalue weighted by Crippen LogP contribution is 2.12. The highest BCUT2D eigenvalue weighted by Gasteiger charge is 2.22. The first-order valence-corrected chi connectivity index (χ1v) is 6.66. The molecule has 0 spiro atoms. The molecular weight excluding hydrogens is 200 g/mol. The van der Waals surface area contributed by atoms with Crippen LogP contribution in [0.5, 0.6) is 0 Å². The van der Waals surface area contributed by atoms with Crippen LogP contribution in [0.3, 0.4) is 0 Å². The Bertz CT molecular complexity index is 185. The van der Waals surface area contributed by atoms with Crippen LogP contribution in [-0.2, 0) is 4.74 Å². The molecule has 2 atom stereocenters. The quantitative estimate of drug-likeness (QED) is 0.673. The van der Waals surface area contributed by atoms with E-state index in [2.05, 4.69) is 38.0 Å². The third-order valence-corrected chi connectivity index (χ3v) is 3.60. The summed E-state index contributed by atoms with van der Waals surface area (Å²) in [6.45, 7) is 9.91. The standard InChI is InChI=1S/C13H28N2O/c1-11(2)15(4)9-6-5-8-14-13-7-10-16-12(13)3/h11-14H,5-10H2,1-4H3. The molecule has 0 saturated carbocycles. The van der Waals surface area contributed by atoms with Gasteiger partial charge in [0.15, 0.2) is 0 Å². The summed E-state index contributed by atoms with van der Waals surface area (Å²) in [6.07, 6.45) is 4.12. The van der Waals surface area contributed by atoms with Crippen molar-refractivity contribution in [2.24, 2.45) is 0 Å². The van der Waals surface area contributed by atoms with E-state index in [9.17, 15) is 0 Å². The van der Waals surface area contributed by atoms with Crippen LogP contribution < -0.4 is 5.32 Å². The van der Waals surface area contributed by atoms with Gasteiger partial charge < -0.3 is 15.0 Å². The average Bonchev–Trinajstić information content (AvgIpc) is 2.63. The minimum absolute atomic E-state index is 0.401.